The summed E-state index contributed by atoms with van der Waals surface area (Å²) in [5.41, 5.74) is 4.76. The molecule has 2 heterocycles. The molecule has 1 aromatic carbocycles. The molecule has 0 aliphatic carbocycles. The molecule has 0 aromatic heterocycles. The molecule has 2 aliphatic rings. The smallest absolute Gasteiger partial charge is 0.419 e. The van der Waals surface area contributed by atoms with Gasteiger partial charge in [0.05, 0.1) is 19.3 Å². The maximum Gasteiger partial charge on any atom is 0.419 e. The zero-order chi connectivity index (χ0) is 16.4. The third-order valence-electron chi connectivity index (χ3n) is 4.16. The summed E-state index contributed by atoms with van der Waals surface area (Å²) < 4.78 is 10.6. The largest absolute Gasteiger partial charge is 0.439 e. The zero-order valence-corrected chi connectivity index (χ0v) is 13.3. The summed E-state index contributed by atoms with van der Waals surface area (Å²) in [5.74, 6) is 0. The van der Waals surface area contributed by atoms with E-state index >= 15 is 0 Å². The third kappa shape index (κ3) is 3.30. The number of ether oxygens (including phenoxy) is 2. The van der Waals surface area contributed by atoms with Crippen LogP contribution in [0.25, 0.3) is 0 Å². The first-order chi connectivity index (χ1) is 11.1. The standard InChI is InChI=1S/C16H21N3O4/c1-11-3-5-13(6-4-11)14-12(2)19(16(21)23-14)15(20)17-18-7-9-22-10-8-18/h3-6,12,14H,7-10H2,1-2H3,(H,17,20). The van der Waals surface area contributed by atoms with E-state index in [0.29, 0.717) is 26.3 Å². The number of urea groups is 1. The Morgan fingerprint density at radius 1 is 1.22 bits per heavy atom. The van der Waals surface area contributed by atoms with Gasteiger partial charge in [0.1, 0.15) is 6.10 Å². The summed E-state index contributed by atoms with van der Waals surface area (Å²) in [6.45, 7) is 6.14. The minimum Gasteiger partial charge on any atom is -0.439 e. The Kier molecular flexibility index (Phi) is 4.49. The van der Waals surface area contributed by atoms with Crippen molar-refractivity contribution in [2.45, 2.75) is 26.0 Å². The quantitative estimate of drug-likeness (QED) is 0.900. The number of hydrogen-bond donors (Lipinski definition) is 1. The van der Waals surface area contributed by atoms with Gasteiger partial charge in [-0.15, -0.1) is 0 Å². The molecular formula is C16H21N3O4. The Bertz CT molecular complexity index is 583. The molecular weight excluding hydrogens is 298 g/mol. The number of carbonyl (C=O) groups is 2. The molecule has 0 saturated carbocycles. The average Bonchev–Trinajstić information content (AvgIpc) is 2.84. The lowest BCUT2D eigenvalue weighted by atomic mass is 10.0. The van der Waals surface area contributed by atoms with Crippen LogP contribution < -0.4 is 5.43 Å². The molecule has 2 fully saturated rings. The highest BCUT2D eigenvalue weighted by Crippen LogP contribution is 2.32. The van der Waals surface area contributed by atoms with E-state index < -0.39 is 18.2 Å². The minimum absolute atomic E-state index is 0.369. The molecule has 124 valence electrons. The number of imide groups is 1. The molecule has 2 saturated heterocycles. The van der Waals surface area contributed by atoms with E-state index in [2.05, 4.69) is 5.43 Å². The highest BCUT2D eigenvalue weighted by molar-refractivity contribution is 5.92. The number of hydrogen-bond acceptors (Lipinski definition) is 5. The van der Waals surface area contributed by atoms with Crippen LogP contribution in [0.15, 0.2) is 24.3 Å². The van der Waals surface area contributed by atoms with Gasteiger partial charge in [-0.3, -0.25) is 5.43 Å². The third-order valence-corrected chi connectivity index (χ3v) is 4.16. The van der Waals surface area contributed by atoms with Crippen molar-refractivity contribution in [1.29, 1.82) is 0 Å². The molecule has 0 bridgehead atoms. The molecule has 2 aliphatic heterocycles. The number of aryl methyl sites for hydroxylation is 1. The van der Waals surface area contributed by atoms with Gasteiger partial charge in [-0.25, -0.2) is 19.5 Å². The van der Waals surface area contributed by atoms with E-state index in [0.717, 1.165) is 16.0 Å². The van der Waals surface area contributed by atoms with Crippen LogP contribution in [0, 0.1) is 6.92 Å². The number of hydrazine groups is 1. The molecule has 3 rings (SSSR count). The Balaban J connectivity index is 1.69. The monoisotopic (exact) mass is 319 g/mol. The van der Waals surface area contributed by atoms with Gasteiger partial charge < -0.3 is 9.47 Å². The van der Waals surface area contributed by atoms with Crippen molar-refractivity contribution in [3.63, 3.8) is 0 Å². The van der Waals surface area contributed by atoms with Gasteiger partial charge in [0.2, 0.25) is 0 Å². The highest BCUT2D eigenvalue weighted by atomic mass is 16.6. The van der Waals surface area contributed by atoms with Crippen molar-refractivity contribution in [1.82, 2.24) is 15.3 Å². The fourth-order valence-electron chi connectivity index (χ4n) is 2.80. The van der Waals surface area contributed by atoms with Gasteiger partial charge in [-0.1, -0.05) is 29.8 Å². The van der Waals surface area contributed by atoms with E-state index in [1.54, 1.807) is 5.01 Å². The van der Waals surface area contributed by atoms with Crippen molar-refractivity contribution < 1.29 is 19.1 Å². The van der Waals surface area contributed by atoms with Gasteiger partial charge in [-0.05, 0) is 19.4 Å². The SMILES string of the molecule is Cc1ccc(C2OC(=O)N(C(=O)NN3CCOCC3)C2C)cc1. The summed E-state index contributed by atoms with van der Waals surface area (Å²) in [6, 6.07) is 6.95. The molecule has 2 atom stereocenters. The van der Waals surface area contributed by atoms with Crippen molar-refractivity contribution in [3.8, 4) is 0 Å². The predicted molar refractivity (Wildman–Crippen MR) is 82.6 cm³/mol. The lowest BCUT2D eigenvalue weighted by Crippen LogP contribution is -2.54. The number of rotatable bonds is 2. The number of benzene rings is 1. The van der Waals surface area contributed by atoms with Crippen molar-refractivity contribution in [2.75, 3.05) is 26.3 Å². The van der Waals surface area contributed by atoms with E-state index in [1.807, 2.05) is 38.1 Å². The second-order valence-corrected chi connectivity index (χ2v) is 5.84. The zero-order valence-electron chi connectivity index (χ0n) is 13.3. The number of carbonyl (C=O) groups excluding carboxylic acids is 2. The van der Waals surface area contributed by atoms with Crippen molar-refractivity contribution >= 4 is 12.1 Å². The summed E-state index contributed by atoms with van der Waals surface area (Å²) in [5, 5.41) is 1.75. The fourth-order valence-corrected chi connectivity index (χ4v) is 2.80. The van der Waals surface area contributed by atoms with Crippen LogP contribution in [0.1, 0.15) is 24.2 Å². The Morgan fingerprint density at radius 2 is 1.87 bits per heavy atom. The predicted octanol–water partition coefficient (Wildman–Crippen LogP) is 1.83. The Hall–Kier alpha value is -2.12. The van der Waals surface area contributed by atoms with E-state index in [4.69, 9.17) is 9.47 Å². The number of amides is 3. The van der Waals surface area contributed by atoms with Crippen molar-refractivity contribution in [3.05, 3.63) is 35.4 Å². The highest BCUT2D eigenvalue weighted by Gasteiger charge is 2.43. The summed E-state index contributed by atoms with van der Waals surface area (Å²) in [7, 11) is 0. The first kappa shape index (κ1) is 15.8. The average molecular weight is 319 g/mol. The van der Waals surface area contributed by atoms with Gasteiger partial charge in [0.15, 0.2) is 0 Å². The van der Waals surface area contributed by atoms with Crippen LogP contribution in [0.3, 0.4) is 0 Å². The van der Waals surface area contributed by atoms with Gasteiger partial charge >= 0.3 is 12.1 Å². The van der Waals surface area contributed by atoms with E-state index in [1.165, 1.54) is 0 Å². The van der Waals surface area contributed by atoms with Crippen LogP contribution in [0.4, 0.5) is 9.59 Å². The molecule has 1 aromatic rings. The first-order valence-corrected chi connectivity index (χ1v) is 7.76. The Morgan fingerprint density at radius 3 is 2.52 bits per heavy atom. The van der Waals surface area contributed by atoms with E-state index in [9.17, 15) is 9.59 Å². The number of cyclic esters (lactones) is 1. The first-order valence-electron chi connectivity index (χ1n) is 7.76. The number of morpholine rings is 1. The lowest BCUT2D eigenvalue weighted by Gasteiger charge is -2.29. The molecule has 7 heteroatoms. The molecule has 2 unspecified atom stereocenters. The van der Waals surface area contributed by atoms with Crippen LogP contribution in [0.5, 0.6) is 0 Å². The second-order valence-electron chi connectivity index (χ2n) is 5.84. The maximum absolute atomic E-state index is 12.4. The fraction of sp³-hybridized carbons (Fsp3) is 0.500. The van der Waals surface area contributed by atoms with Crippen LogP contribution in [-0.4, -0.2) is 54.4 Å². The minimum atomic E-state index is -0.617. The van der Waals surface area contributed by atoms with Gasteiger partial charge in [0, 0.05) is 13.1 Å². The second kappa shape index (κ2) is 6.55. The normalized spacial score (nSPS) is 25.3. The van der Waals surface area contributed by atoms with E-state index in [-0.39, 0.29) is 6.04 Å². The summed E-state index contributed by atoms with van der Waals surface area (Å²) in [4.78, 5) is 25.7. The van der Waals surface area contributed by atoms with Crippen molar-refractivity contribution in [2.24, 2.45) is 0 Å². The molecule has 23 heavy (non-hydrogen) atoms. The summed E-state index contributed by atoms with van der Waals surface area (Å²) >= 11 is 0. The topological polar surface area (TPSA) is 71.1 Å². The van der Waals surface area contributed by atoms with Crippen LogP contribution in [-0.2, 0) is 9.47 Å². The molecule has 1 N–H and O–H groups in total. The molecule has 0 spiro atoms. The number of nitrogens with one attached hydrogen (secondary N) is 1. The van der Waals surface area contributed by atoms with Gasteiger partial charge in [0.25, 0.3) is 0 Å². The molecule has 7 nitrogen and oxygen atoms in total. The van der Waals surface area contributed by atoms with Gasteiger partial charge in [-0.2, -0.15) is 0 Å². The maximum atomic E-state index is 12.4. The van der Waals surface area contributed by atoms with Crippen LogP contribution in [0.2, 0.25) is 0 Å². The molecule has 0 radical (unpaired) electrons. The van der Waals surface area contributed by atoms with Crippen LogP contribution >= 0.6 is 0 Å². The summed E-state index contributed by atoms with van der Waals surface area (Å²) in [6.07, 6.45) is -1.06. The number of nitrogens with zero attached hydrogens (tertiary/aromatic N) is 2. The lowest BCUT2D eigenvalue weighted by molar-refractivity contribution is 0.0167. The Labute approximate surface area is 135 Å². The molecule has 3 amide bonds.